The molecule has 0 bridgehead atoms. The maximum atomic E-state index is 12.8. The van der Waals surface area contributed by atoms with Crippen LogP contribution in [-0.4, -0.2) is 36.6 Å². The molecule has 4 rings (SSSR count). The lowest BCUT2D eigenvalue weighted by Crippen LogP contribution is -2.22. The molecule has 0 spiro atoms. The van der Waals surface area contributed by atoms with Gasteiger partial charge in [-0.1, -0.05) is 30.0 Å². The van der Waals surface area contributed by atoms with Crippen LogP contribution in [0, 0.1) is 0 Å². The number of hydrogen-bond acceptors (Lipinski definition) is 7. The molecule has 3 aromatic heterocycles. The smallest absolute Gasteiger partial charge is 0.263 e. The van der Waals surface area contributed by atoms with E-state index in [4.69, 9.17) is 4.42 Å². The lowest BCUT2D eigenvalue weighted by Gasteiger charge is -2.09. The average molecular weight is 437 g/mol. The fraction of sp³-hybridized carbons (Fsp3) is 0.190. The molecule has 0 aliphatic rings. The number of carbonyl (C=O) groups is 2. The van der Waals surface area contributed by atoms with E-state index in [1.54, 1.807) is 34.7 Å². The molecule has 0 radical (unpaired) electrons. The molecule has 4 aromatic rings. The van der Waals surface area contributed by atoms with Gasteiger partial charge >= 0.3 is 0 Å². The van der Waals surface area contributed by atoms with Gasteiger partial charge in [0, 0.05) is 13.5 Å². The van der Waals surface area contributed by atoms with E-state index < -0.39 is 0 Å². The zero-order valence-corrected chi connectivity index (χ0v) is 17.5. The molecule has 158 valence electrons. The number of carbonyl (C=O) groups excluding carboxylic acids is 2. The van der Waals surface area contributed by atoms with Gasteiger partial charge in [-0.15, -0.1) is 16.8 Å². The van der Waals surface area contributed by atoms with Crippen molar-refractivity contribution in [2.24, 2.45) is 0 Å². The van der Waals surface area contributed by atoms with Crippen LogP contribution in [0.1, 0.15) is 23.2 Å². The van der Waals surface area contributed by atoms with Crippen molar-refractivity contribution in [3.8, 4) is 0 Å². The molecule has 0 unspecified atom stereocenters. The minimum Gasteiger partial charge on any atom is -0.456 e. The van der Waals surface area contributed by atoms with Gasteiger partial charge < -0.3 is 9.73 Å². The Kier molecular flexibility index (Phi) is 5.72. The highest BCUT2D eigenvalue weighted by Crippen LogP contribution is 2.23. The van der Waals surface area contributed by atoms with Crippen LogP contribution in [-0.2, 0) is 17.9 Å². The van der Waals surface area contributed by atoms with Crippen molar-refractivity contribution < 1.29 is 14.0 Å². The summed E-state index contributed by atoms with van der Waals surface area (Å²) < 4.78 is 8.77. The molecule has 0 atom stereocenters. The molecule has 0 fully saturated rings. The molecule has 1 amide bonds. The Morgan fingerprint density at radius 3 is 2.81 bits per heavy atom. The summed E-state index contributed by atoms with van der Waals surface area (Å²) in [6, 6.07) is 10.4. The minimum atomic E-state index is -0.223. The molecule has 3 heterocycles. The average Bonchev–Trinajstić information content (AvgIpc) is 3.41. The van der Waals surface area contributed by atoms with E-state index in [1.807, 2.05) is 12.1 Å². The second-order valence-corrected chi connectivity index (χ2v) is 7.67. The van der Waals surface area contributed by atoms with Crippen molar-refractivity contribution >= 4 is 40.1 Å². The van der Waals surface area contributed by atoms with Crippen LogP contribution in [0.2, 0.25) is 0 Å². The summed E-state index contributed by atoms with van der Waals surface area (Å²) in [7, 11) is 0. The van der Waals surface area contributed by atoms with Crippen LogP contribution in [0.5, 0.6) is 0 Å². The predicted molar refractivity (Wildman–Crippen MR) is 116 cm³/mol. The third-order valence-corrected chi connectivity index (χ3v) is 5.50. The first-order valence-electron chi connectivity index (χ1n) is 9.46. The summed E-state index contributed by atoms with van der Waals surface area (Å²) in [5.74, 6) is 0.753. The molecular weight excluding hydrogens is 418 g/mol. The van der Waals surface area contributed by atoms with E-state index in [9.17, 15) is 14.4 Å². The number of furan rings is 1. The van der Waals surface area contributed by atoms with E-state index in [0.717, 1.165) is 0 Å². The van der Waals surface area contributed by atoms with E-state index in [2.05, 4.69) is 22.1 Å². The number of rotatable bonds is 8. The van der Waals surface area contributed by atoms with E-state index in [0.29, 0.717) is 34.1 Å². The van der Waals surface area contributed by atoms with E-state index in [-0.39, 0.29) is 35.3 Å². The summed E-state index contributed by atoms with van der Waals surface area (Å²) in [4.78, 5) is 36.4. The van der Waals surface area contributed by atoms with Crippen LogP contribution >= 0.6 is 11.8 Å². The maximum Gasteiger partial charge on any atom is 0.263 e. The lowest BCUT2D eigenvalue weighted by atomic mass is 10.2. The molecule has 1 N–H and O–H groups in total. The summed E-state index contributed by atoms with van der Waals surface area (Å²) in [5.41, 5.74) is 0.490. The first-order chi connectivity index (χ1) is 15.0. The number of aromatic nitrogens is 4. The first-order valence-corrected chi connectivity index (χ1v) is 10.4. The van der Waals surface area contributed by atoms with Crippen LogP contribution < -0.4 is 10.9 Å². The van der Waals surface area contributed by atoms with Gasteiger partial charge in [0.25, 0.3) is 5.56 Å². The molecule has 1 aromatic carbocycles. The number of ketones is 1. The second-order valence-electron chi connectivity index (χ2n) is 6.73. The quantitative estimate of drug-likeness (QED) is 0.256. The third kappa shape index (κ3) is 4.02. The Bertz CT molecular complexity index is 1370. The van der Waals surface area contributed by atoms with Crippen molar-refractivity contribution in [2.75, 3.05) is 5.75 Å². The standard InChI is InChI=1S/C21H19N5O4S/c1-3-10-25-19(29)15-6-4-5-7-16(15)26-20(25)23-24-21(26)31-12-17(28)18-9-8-14(30-18)11-22-13(2)27/h3-9H,1,10-12H2,2H3,(H,22,27). The number of thioether (sulfide) groups is 1. The minimum absolute atomic E-state index is 0.0722. The highest BCUT2D eigenvalue weighted by Gasteiger charge is 2.18. The van der Waals surface area contributed by atoms with Gasteiger partial charge in [-0.25, -0.2) is 0 Å². The number of para-hydroxylation sites is 1. The Morgan fingerprint density at radius 1 is 1.23 bits per heavy atom. The summed E-state index contributed by atoms with van der Waals surface area (Å²) in [5, 5.41) is 12.0. The van der Waals surface area contributed by atoms with Gasteiger partial charge in [0.05, 0.1) is 23.2 Å². The maximum absolute atomic E-state index is 12.8. The van der Waals surface area contributed by atoms with Gasteiger partial charge in [0.2, 0.25) is 17.5 Å². The van der Waals surface area contributed by atoms with Crippen LogP contribution in [0.3, 0.4) is 0 Å². The zero-order valence-electron chi connectivity index (χ0n) is 16.7. The van der Waals surface area contributed by atoms with Gasteiger partial charge in [-0.2, -0.15) is 0 Å². The molecule has 9 nitrogen and oxygen atoms in total. The first kappa shape index (κ1) is 20.6. The van der Waals surface area contributed by atoms with Crippen LogP contribution in [0.25, 0.3) is 16.7 Å². The summed E-state index contributed by atoms with van der Waals surface area (Å²) in [6.45, 7) is 5.63. The molecular formula is C21H19N5O4S. The van der Waals surface area contributed by atoms with Crippen molar-refractivity contribution in [3.05, 3.63) is 70.9 Å². The second kappa shape index (κ2) is 8.60. The fourth-order valence-corrected chi connectivity index (χ4v) is 3.97. The lowest BCUT2D eigenvalue weighted by molar-refractivity contribution is -0.119. The molecule has 31 heavy (non-hydrogen) atoms. The van der Waals surface area contributed by atoms with Crippen molar-refractivity contribution in [2.45, 2.75) is 25.2 Å². The number of Topliss-reactive ketones (excluding diaryl/α,β-unsaturated/α-hetero) is 1. The van der Waals surface area contributed by atoms with Crippen molar-refractivity contribution in [1.29, 1.82) is 0 Å². The van der Waals surface area contributed by atoms with Gasteiger partial charge in [-0.3, -0.25) is 23.4 Å². The number of benzene rings is 1. The topological polar surface area (TPSA) is 112 Å². The SMILES string of the molecule is C=CCn1c(=O)c2ccccc2n2c(SCC(=O)c3ccc(CNC(C)=O)o3)nnc12. The molecule has 0 aliphatic heterocycles. The monoisotopic (exact) mass is 437 g/mol. The molecule has 0 saturated carbocycles. The van der Waals surface area contributed by atoms with Crippen LogP contribution in [0.15, 0.2) is 63.4 Å². The van der Waals surface area contributed by atoms with Gasteiger partial charge in [0.1, 0.15) is 5.76 Å². The number of nitrogens with zero attached hydrogens (tertiary/aromatic N) is 4. The fourth-order valence-electron chi connectivity index (χ4n) is 3.16. The highest BCUT2D eigenvalue weighted by molar-refractivity contribution is 7.99. The number of hydrogen-bond donors (Lipinski definition) is 1. The summed E-state index contributed by atoms with van der Waals surface area (Å²) >= 11 is 1.20. The Balaban J connectivity index is 1.62. The number of nitrogens with one attached hydrogen (secondary N) is 1. The number of fused-ring (bicyclic) bond motifs is 3. The largest absolute Gasteiger partial charge is 0.456 e. The third-order valence-electron chi connectivity index (χ3n) is 4.57. The van der Waals surface area contributed by atoms with Gasteiger partial charge in [0.15, 0.2) is 10.9 Å². The highest BCUT2D eigenvalue weighted by atomic mass is 32.2. The summed E-state index contributed by atoms with van der Waals surface area (Å²) in [6.07, 6.45) is 1.62. The normalized spacial score (nSPS) is 11.1. The Morgan fingerprint density at radius 2 is 2.03 bits per heavy atom. The molecule has 0 saturated heterocycles. The van der Waals surface area contributed by atoms with Crippen LogP contribution in [0.4, 0.5) is 0 Å². The predicted octanol–water partition coefficient (Wildman–Crippen LogP) is 2.43. The van der Waals surface area contributed by atoms with Crippen molar-refractivity contribution in [3.63, 3.8) is 0 Å². The Labute approximate surface area is 180 Å². The molecule has 0 aliphatic carbocycles. The van der Waals surface area contributed by atoms with E-state index >= 15 is 0 Å². The number of allylic oxidation sites excluding steroid dienone is 1. The van der Waals surface area contributed by atoms with E-state index in [1.165, 1.54) is 23.3 Å². The number of amides is 1. The Hall–Kier alpha value is -3.66. The van der Waals surface area contributed by atoms with Gasteiger partial charge in [-0.05, 0) is 24.3 Å². The van der Waals surface area contributed by atoms with Crippen molar-refractivity contribution in [1.82, 2.24) is 24.5 Å². The molecule has 10 heteroatoms. The zero-order chi connectivity index (χ0) is 22.0.